The maximum atomic E-state index is 11.4. The summed E-state index contributed by atoms with van der Waals surface area (Å²) < 4.78 is 6.41. The fourth-order valence-corrected chi connectivity index (χ4v) is 5.08. The Labute approximate surface area is 237 Å². The van der Waals surface area contributed by atoms with Crippen LogP contribution in [0.4, 0.5) is 0 Å². The SMILES string of the molecule is CC(C)(C)c1cc(C(COc2ccccc2)c2cc(C(C)(C)C)c(O)c(C(C)(C)C)c2)cc(C(C)(C)C)c1O. The van der Waals surface area contributed by atoms with Crippen molar-refractivity contribution in [1.29, 1.82) is 0 Å². The maximum absolute atomic E-state index is 11.4. The highest BCUT2D eigenvalue weighted by atomic mass is 16.5. The zero-order valence-corrected chi connectivity index (χ0v) is 26.3. The van der Waals surface area contributed by atoms with Crippen molar-refractivity contribution in [3.05, 3.63) is 88.0 Å². The molecule has 3 aromatic rings. The van der Waals surface area contributed by atoms with Gasteiger partial charge in [0.2, 0.25) is 0 Å². The minimum Gasteiger partial charge on any atom is -0.507 e. The van der Waals surface area contributed by atoms with E-state index >= 15 is 0 Å². The van der Waals surface area contributed by atoms with Crippen LogP contribution in [-0.4, -0.2) is 16.8 Å². The summed E-state index contributed by atoms with van der Waals surface area (Å²) in [7, 11) is 0. The van der Waals surface area contributed by atoms with E-state index in [4.69, 9.17) is 4.74 Å². The molecule has 3 aromatic carbocycles. The Bertz CT molecular complexity index is 1140. The first kappa shape index (κ1) is 30.6. The first-order valence-electron chi connectivity index (χ1n) is 14.1. The van der Waals surface area contributed by atoms with Gasteiger partial charge in [0.25, 0.3) is 0 Å². The summed E-state index contributed by atoms with van der Waals surface area (Å²) >= 11 is 0. The fourth-order valence-electron chi connectivity index (χ4n) is 5.08. The van der Waals surface area contributed by atoms with Crippen LogP contribution in [-0.2, 0) is 21.7 Å². The quantitative estimate of drug-likeness (QED) is 0.345. The Morgan fingerprint density at radius 1 is 0.538 bits per heavy atom. The zero-order valence-electron chi connectivity index (χ0n) is 26.3. The van der Waals surface area contributed by atoms with Crippen LogP contribution >= 0.6 is 0 Å². The largest absolute Gasteiger partial charge is 0.507 e. The van der Waals surface area contributed by atoms with E-state index in [1.165, 1.54) is 0 Å². The first-order valence-corrected chi connectivity index (χ1v) is 14.1. The second-order valence-electron chi connectivity index (χ2n) is 15.1. The first-order chi connectivity index (χ1) is 17.7. The number of hydrogen-bond acceptors (Lipinski definition) is 3. The predicted octanol–water partition coefficient (Wildman–Crippen LogP) is 9.50. The number of aromatic hydroxyl groups is 2. The molecule has 0 aliphatic carbocycles. The Balaban J connectivity index is 2.36. The third-order valence-electron chi connectivity index (χ3n) is 7.46. The molecule has 0 heterocycles. The van der Waals surface area contributed by atoms with Crippen LogP contribution in [0.15, 0.2) is 54.6 Å². The lowest BCUT2D eigenvalue weighted by Crippen LogP contribution is -2.22. The highest BCUT2D eigenvalue weighted by molar-refractivity contribution is 5.55. The lowest BCUT2D eigenvalue weighted by Gasteiger charge is -2.32. The van der Waals surface area contributed by atoms with Crippen LogP contribution in [0.25, 0.3) is 0 Å². The van der Waals surface area contributed by atoms with Crippen LogP contribution in [0.3, 0.4) is 0 Å². The van der Waals surface area contributed by atoms with E-state index < -0.39 is 0 Å². The molecule has 39 heavy (non-hydrogen) atoms. The van der Waals surface area contributed by atoms with Gasteiger partial charge in [0.1, 0.15) is 17.2 Å². The molecule has 0 saturated heterocycles. The average molecular weight is 531 g/mol. The van der Waals surface area contributed by atoms with Crippen molar-refractivity contribution in [1.82, 2.24) is 0 Å². The van der Waals surface area contributed by atoms with E-state index in [-0.39, 0.29) is 27.6 Å². The highest BCUT2D eigenvalue weighted by Gasteiger charge is 2.32. The topological polar surface area (TPSA) is 49.7 Å². The van der Waals surface area contributed by atoms with Gasteiger partial charge in [-0.3, -0.25) is 0 Å². The minimum absolute atomic E-state index is 0.115. The average Bonchev–Trinajstić information content (AvgIpc) is 2.78. The van der Waals surface area contributed by atoms with E-state index in [2.05, 4.69) is 107 Å². The molecular formula is C36H50O3. The number of benzene rings is 3. The van der Waals surface area contributed by atoms with Crippen molar-refractivity contribution < 1.29 is 14.9 Å². The summed E-state index contributed by atoms with van der Waals surface area (Å²) in [5.74, 6) is 1.45. The summed E-state index contributed by atoms with van der Waals surface area (Å²) in [5, 5.41) is 22.8. The molecule has 0 aromatic heterocycles. The van der Waals surface area contributed by atoms with Crippen molar-refractivity contribution >= 4 is 0 Å². The molecule has 0 atom stereocenters. The standard InChI is InChI=1S/C36H50O3/c1-33(2,3)27-18-23(19-28(31(27)37)34(4,5)6)26(22-39-25-16-14-13-15-17-25)24-20-29(35(7,8)9)32(38)30(21-24)36(10,11)12/h13-21,26,37-38H,22H2,1-12H3. The van der Waals surface area contributed by atoms with Crippen LogP contribution in [0, 0.1) is 0 Å². The lowest BCUT2D eigenvalue weighted by atomic mass is 9.74. The van der Waals surface area contributed by atoms with E-state index in [9.17, 15) is 10.2 Å². The van der Waals surface area contributed by atoms with Gasteiger partial charge in [-0.25, -0.2) is 0 Å². The van der Waals surface area contributed by atoms with E-state index in [1.807, 2.05) is 30.3 Å². The van der Waals surface area contributed by atoms with Crippen LogP contribution < -0.4 is 4.74 Å². The molecule has 0 unspecified atom stereocenters. The van der Waals surface area contributed by atoms with Crippen molar-refractivity contribution in [3.63, 3.8) is 0 Å². The number of rotatable bonds is 5. The Morgan fingerprint density at radius 3 is 1.13 bits per heavy atom. The monoisotopic (exact) mass is 530 g/mol. The van der Waals surface area contributed by atoms with E-state index in [0.29, 0.717) is 18.1 Å². The third kappa shape index (κ3) is 6.99. The van der Waals surface area contributed by atoms with Crippen LogP contribution in [0.2, 0.25) is 0 Å². The van der Waals surface area contributed by atoms with Gasteiger partial charge < -0.3 is 14.9 Å². The van der Waals surface area contributed by atoms with E-state index in [1.54, 1.807) is 0 Å². The molecule has 0 amide bonds. The second-order valence-corrected chi connectivity index (χ2v) is 15.1. The number of ether oxygens (including phenoxy) is 1. The van der Waals surface area contributed by atoms with Crippen molar-refractivity contribution in [2.24, 2.45) is 0 Å². The zero-order chi connectivity index (χ0) is 29.6. The van der Waals surface area contributed by atoms with Gasteiger partial charge in [0.15, 0.2) is 0 Å². The van der Waals surface area contributed by atoms with E-state index in [0.717, 1.165) is 39.1 Å². The lowest BCUT2D eigenvalue weighted by molar-refractivity contribution is 0.302. The highest BCUT2D eigenvalue weighted by Crippen LogP contribution is 2.45. The molecule has 0 spiro atoms. The van der Waals surface area contributed by atoms with Crippen molar-refractivity contribution in [2.45, 2.75) is 111 Å². The summed E-state index contributed by atoms with van der Waals surface area (Å²) in [6.07, 6.45) is 0. The maximum Gasteiger partial charge on any atom is 0.123 e. The minimum atomic E-state index is -0.243. The van der Waals surface area contributed by atoms with Gasteiger partial charge in [0, 0.05) is 5.92 Å². The molecule has 0 aliphatic rings. The molecule has 3 rings (SSSR count). The van der Waals surface area contributed by atoms with Gasteiger partial charge >= 0.3 is 0 Å². The number of phenolic OH excluding ortho intramolecular Hbond substituents is 2. The summed E-state index contributed by atoms with van der Waals surface area (Å²) in [6, 6.07) is 18.5. The molecule has 0 radical (unpaired) electrons. The third-order valence-corrected chi connectivity index (χ3v) is 7.46. The van der Waals surface area contributed by atoms with Crippen LogP contribution in [0.5, 0.6) is 17.2 Å². The Morgan fingerprint density at radius 2 is 0.846 bits per heavy atom. The number of phenols is 2. The Kier molecular flexibility index (Phi) is 8.29. The molecule has 3 nitrogen and oxygen atoms in total. The predicted molar refractivity (Wildman–Crippen MR) is 165 cm³/mol. The molecule has 3 heteroatoms. The summed E-state index contributed by atoms with van der Waals surface area (Å²) in [5.41, 5.74) is 4.95. The van der Waals surface area contributed by atoms with Gasteiger partial charge in [0.05, 0.1) is 6.61 Å². The molecule has 0 fully saturated rings. The van der Waals surface area contributed by atoms with Gasteiger partial charge in [-0.2, -0.15) is 0 Å². The Hall–Kier alpha value is -2.94. The van der Waals surface area contributed by atoms with Crippen molar-refractivity contribution in [2.75, 3.05) is 6.61 Å². The van der Waals surface area contributed by atoms with Crippen molar-refractivity contribution in [3.8, 4) is 17.2 Å². The molecule has 2 N–H and O–H groups in total. The molecule has 0 aliphatic heterocycles. The molecule has 212 valence electrons. The van der Waals surface area contributed by atoms with Gasteiger partial charge in [-0.05, 0) is 67.2 Å². The molecule has 0 bridgehead atoms. The molecular weight excluding hydrogens is 480 g/mol. The smallest absolute Gasteiger partial charge is 0.123 e. The summed E-state index contributed by atoms with van der Waals surface area (Å²) in [6.45, 7) is 26.1. The number of hydrogen-bond donors (Lipinski definition) is 2. The van der Waals surface area contributed by atoms with Crippen LogP contribution in [0.1, 0.15) is 122 Å². The second kappa shape index (κ2) is 10.6. The molecule has 0 saturated carbocycles. The number of para-hydroxylation sites is 1. The van der Waals surface area contributed by atoms with Gasteiger partial charge in [-0.1, -0.05) is 126 Å². The summed E-state index contributed by atoms with van der Waals surface area (Å²) in [4.78, 5) is 0. The fraction of sp³-hybridized carbons (Fsp3) is 0.500. The van der Waals surface area contributed by atoms with Gasteiger partial charge in [-0.15, -0.1) is 0 Å². The normalized spacial score (nSPS) is 13.2.